The van der Waals surface area contributed by atoms with Gasteiger partial charge in [-0.3, -0.25) is 4.79 Å². The zero-order valence-electron chi connectivity index (χ0n) is 17.5. The van der Waals surface area contributed by atoms with Gasteiger partial charge in [0.15, 0.2) is 0 Å². The van der Waals surface area contributed by atoms with E-state index in [1.807, 2.05) is 18.7 Å². The summed E-state index contributed by atoms with van der Waals surface area (Å²) in [5.41, 5.74) is 2.16. The normalized spacial score (nSPS) is 14.6. The van der Waals surface area contributed by atoms with Gasteiger partial charge in [0.25, 0.3) is 0 Å². The summed E-state index contributed by atoms with van der Waals surface area (Å²) < 4.78 is 14.4. The maximum absolute atomic E-state index is 14.4. The van der Waals surface area contributed by atoms with Gasteiger partial charge in [0.2, 0.25) is 5.91 Å². The SMILES string of the molecule is Cc1nc(C)c(Cc2c(F)cccc2Cl)c(N2CCN(C(=O)CC(C)C)CC2)n1. The van der Waals surface area contributed by atoms with Gasteiger partial charge in [-0.2, -0.15) is 0 Å². The maximum Gasteiger partial charge on any atom is 0.222 e. The molecule has 29 heavy (non-hydrogen) atoms. The molecule has 1 amide bonds. The van der Waals surface area contributed by atoms with Crippen LogP contribution < -0.4 is 4.90 Å². The third kappa shape index (κ3) is 5.04. The predicted octanol–water partition coefficient (Wildman–Crippen LogP) is 4.17. The van der Waals surface area contributed by atoms with E-state index in [0.29, 0.717) is 61.3 Å². The van der Waals surface area contributed by atoms with Crippen molar-refractivity contribution >= 4 is 23.3 Å². The Kier molecular flexibility index (Phi) is 6.73. The molecule has 1 aromatic heterocycles. The molecule has 0 atom stereocenters. The highest BCUT2D eigenvalue weighted by Gasteiger charge is 2.25. The van der Waals surface area contributed by atoms with E-state index in [4.69, 9.17) is 11.6 Å². The number of amides is 1. The summed E-state index contributed by atoms with van der Waals surface area (Å²) in [4.78, 5) is 25.6. The molecule has 1 fully saturated rings. The summed E-state index contributed by atoms with van der Waals surface area (Å²) in [6, 6.07) is 4.72. The highest BCUT2D eigenvalue weighted by Crippen LogP contribution is 2.29. The monoisotopic (exact) mass is 418 g/mol. The predicted molar refractivity (Wildman–Crippen MR) is 114 cm³/mol. The summed E-state index contributed by atoms with van der Waals surface area (Å²) in [6.07, 6.45) is 0.905. The highest BCUT2D eigenvalue weighted by atomic mass is 35.5. The van der Waals surface area contributed by atoms with Crippen molar-refractivity contribution in [2.45, 2.75) is 40.5 Å². The number of benzene rings is 1. The molecule has 0 unspecified atom stereocenters. The number of hydrogen-bond donors (Lipinski definition) is 0. The second-order valence-electron chi connectivity index (χ2n) is 8.00. The van der Waals surface area contributed by atoms with Crippen LogP contribution in [0.4, 0.5) is 10.2 Å². The quantitative estimate of drug-likeness (QED) is 0.731. The van der Waals surface area contributed by atoms with Crippen molar-refractivity contribution < 1.29 is 9.18 Å². The molecule has 0 spiro atoms. The van der Waals surface area contributed by atoms with E-state index in [0.717, 1.165) is 17.1 Å². The van der Waals surface area contributed by atoms with Gasteiger partial charge in [0.1, 0.15) is 17.5 Å². The smallest absolute Gasteiger partial charge is 0.222 e. The van der Waals surface area contributed by atoms with E-state index in [-0.39, 0.29) is 11.7 Å². The van der Waals surface area contributed by atoms with E-state index < -0.39 is 0 Å². The van der Waals surface area contributed by atoms with E-state index in [2.05, 4.69) is 28.7 Å². The lowest BCUT2D eigenvalue weighted by molar-refractivity contribution is -0.132. The van der Waals surface area contributed by atoms with Gasteiger partial charge in [0.05, 0.1) is 0 Å². The van der Waals surface area contributed by atoms with Gasteiger partial charge in [0, 0.05) is 60.9 Å². The van der Waals surface area contributed by atoms with Crippen molar-refractivity contribution in [1.29, 1.82) is 0 Å². The molecule has 1 saturated heterocycles. The van der Waals surface area contributed by atoms with Crippen LogP contribution >= 0.6 is 11.6 Å². The molecule has 156 valence electrons. The summed E-state index contributed by atoms with van der Waals surface area (Å²) in [6.45, 7) is 10.6. The average Bonchev–Trinajstić information content (AvgIpc) is 2.65. The Morgan fingerprint density at radius 2 is 1.83 bits per heavy atom. The number of aryl methyl sites for hydroxylation is 2. The first-order valence-corrected chi connectivity index (χ1v) is 10.4. The van der Waals surface area contributed by atoms with E-state index in [1.165, 1.54) is 6.07 Å². The van der Waals surface area contributed by atoms with Gasteiger partial charge in [-0.15, -0.1) is 0 Å². The van der Waals surface area contributed by atoms with Crippen molar-refractivity contribution in [3.63, 3.8) is 0 Å². The number of halogens is 2. The molecule has 5 nitrogen and oxygen atoms in total. The Balaban J connectivity index is 1.84. The molecule has 0 radical (unpaired) electrons. The molecule has 2 heterocycles. The number of nitrogens with zero attached hydrogens (tertiary/aromatic N) is 4. The molecule has 0 bridgehead atoms. The lowest BCUT2D eigenvalue weighted by Gasteiger charge is -2.37. The number of carbonyl (C=O) groups excluding carboxylic acids is 1. The fourth-order valence-electron chi connectivity index (χ4n) is 3.71. The minimum atomic E-state index is -0.326. The van der Waals surface area contributed by atoms with Gasteiger partial charge in [-0.1, -0.05) is 31.5 Å². The summed E-state index contributed by atoms with van der Waals surface area (Å²) in [5.74, 6) is 1.72. The Labute approximate surface area is 176 Å². The first-order chi connectivity index (χ1) is 13.8. The van der Waals surface area contributed by atoms with Crippen LogP contribution in [-0.4, -0.2) is 47.0 Å². The van der Waals surface area contributed by atoms with Crippen LogP contribution in [0.2, 0.25) is 5.02 Å². The molecule has 0 aliphatic carbocycles. The van der Waals surface area contributed by atoms with E-state index in [1.54, 1.807) is 12.1 Å². The lowest BCUT2D eigenvalue weighted by Crippen LogP contribution is -2.49. The summed E-state index contributed by atoms with van der Waals surface area (Å²) in [7, 11) is 0. The molecule has 0 saturated carbocycles. The van der Waals surface area contributed by atoms with Crippen LogP contribution in [0.25, 0.3) is 0 Å². The molecule has 1 aliphatic heterocycles. The summed E-state index contributed by atoms with van der Waals surface area (Å²) in [5, 5.41) is 0.403. The minimum absolute atomic E-state index is 0.202. The van der Waals surface area contributed by atoms with Crippen LogP contribution in [0.5, 0.6) is 0 Å². The standard InChI is InChI=1S/C22H28ClFN4O/c1-14(2)12-21(29)27-8-10-28(11-9-27)22-17(15(3)25-16(4)26-22)13-18-19(23)6-5-7-20(18)24/h5-7,14H,8-13H2,1-4H3. The molecule has 7 heteroatoms. The minimum Gasteiger partial charge on any atom is -0.353 e. The average molecular weight is 419 g/mol. The van der Waals surface area contributed by atoms with E-state index >= 15 is 0 Å². The zero-order valence-corrected chi connectivity index (χ0v) is 18.3. The van der Waals surface area contributed by atoms with E-state index in [9.17, 15) is 9.18 Å². The van der Waals surface area contributed by atoms with Crippen molar-refractivity contribution in [2.75, 3.05) is 31.1 Å². The number of hydrogen-bond acceptors (Lipinski definition) is 4. The zero-order chi connectivity index (χ0) is 21.1. The van der Waals surface area contributed by atoms with Crippen LogP contribution in [0.3, 0.4) is 0 Å². The first kappa shape index (κ1) is 21.5. The van der Waals surface area contributed by atoms with Crippen molar-refractivity contribution in [1.82, 2.24) is 14.9 Å². The fourth-order valence-corrected chi connectivity index (χ4v) is 3.94. The fraction of sp³-hybridized carbons (Fsp3) is 0.500. The van der Waals surface area contributed by atoms with Gasteiger partial charge in [-0.25, -0.2) is 14.4 Å². The number of anilines is 1. The first-order valence-electron chi connectivity index (χ1n) is 10.1. The van der Waals surface area contributed by atoms with Gasteiger partial charge >= 0.3 is 0 Å². The maximum atomic E-state index is 14.4. The third-order valence-electron chi connectivity index (χ3n) is 5.23. The number of carbonyl (C=O) groups is 1. The summed E-state index contributed by atoms with van der Waals surface area (Å²) >= 11 is 6.26. The topological polar surface area (TPSA) is 49.3 Å². The largest absolute Gasteiger partial charge is 0.353 e. The van der Waals surface area contributed by atoms with Crippen molar-refractivity contribution in [3.05, 3.63) is 51.7 Å². The van der Waals surface area contributed by atoms with Crippen LogP contribution in [0.1, 0.15) is 42.9 Å². The molecule has 1 aliphatic rings. The molecular weight excluding hydrogens is 391 g/mol. The van der Waals surface area contributed by atoms with Crippen LogP contribution in [0, 0.1) is 25.6 Å². The number of piperazine rings is 1. The lowest BCUT2D eigenvalue weighted by atomic mass is 10.0. The molecular formula is C22H28ClFN4O. The third-order valence-corrected chi connectivity index (χ3v) is 5.59. The van der Waals surface area contributed by atoms with Crippen LogP contribution in [0.15, 0.2) is 18.2 Å². The Morgan fingerprint density at radius 3 is 2.45 bits per heavy atom. The Morgan fingerprint density at radius 1 is 1.14 bits per heavy atom. The molecule has 2 aromatic rings. The number of rotatable bonds is 5. The molecule has 0 N–H and O–H groups in total. The second-order valence-corrected chi connectivity index (χ2v) is 8.41. The highest BCUT2D eigenvalue weighted by molar-refractivity contribution is 6.31. The Hall–Kier alpha value is -2.21. The second kappa shape index (κ2) is 9.08. The number of aromatic nitrogens is 2. The van der Waals surface area contributed by atoms with Crippen LogP contribution in [-0.2, 0) is 11.2 Å². The molecule has 3 rings (SSSR count). The Bertz CT molecular complexity index is 874. The van der Waals surface area contributed by atoms with Crippen molar-refractivity contribution in [2.24, 2.45) is 5.92 Å². The molecule has 1 aromatic carbocycles. The van der Waals surface area contributed by atoms with Crippen molar-refractivity contribution in [3.8, 4) is 0 Å². The van der Waals surface area contributed by atoms with Gasteiger partial charge in [-0.05, 0) is 31.9 Å². The van der Waals surface area contributed by atoms with Gasteiger partial charge < -0.3 is 9.80 Å².